The van der Waals surface area contributed by atoms with Crippen LogP contribution in [0.2, 0.25) is 0 Å². The third-order valence-electron chi connectivity index (χ3n) is 4.56. The monoisotopic (exact) mass is 556 g/mol. The molecule has 0 unspecified atom stereocenters. The number of ether oxygens (including phenoxy) is 1. The van der Waals surface area contributed by atoms with Gasteiger partial charge in [0.2, 0.25) is 0 Å². The predicted molar refractivity (Wildman–Crippen MR) is 134 cm³/mol. The number of halogens is 2. The third kappa shape index (κ3) is 5.42. The van der Waals surface area contributed by atoms with Crippen molar-refractivity contribution < 1.29 is 9.53 Å². The summed E-state index contributed by atoms with van der Waals surface area (Å²) in [5, 5.41) is 3.39. The molecule has 1 amide bonds. The molecule has 0 fully saturated rings. The first-order valence-electron chi connectivity index (χ1n) is 9.50. The number of nitrogens with zero attached hydrogens (tertiary/aromatic N) is 1. The number of amides is 1. The maximum atomic E-state index is 12.4. The normalized spacial score (nSPS) is 10.7. The van der Waals surface area contributed by atoms with Gasteiger partial charge in [0.05, 0.1) is 10.2 Å². The van der Waals surface area contributed by atoms with E-state index in [1.54, 1.807) is 0 Å². The van der Waals surface area contributed by atoms with Gasteiger partial charge in [0.1, 0.15) is 5.75 Å². The number of carbonyl (C=O) groups excluding carboxylic acids is 1. The number of hydrogen-bond acceptors (Lipinski definition) is 4. The summed E-state index contributed by atoms with van der Waals surface area (Å²) in [4.78, 5) is 18.0. The summed E-state index contributed by atoms with van der Waals surface area (Å²) in [6.07, 6.45) is 0. The molecule has 0 saturated carbocycles. The van der Waals surface area contributed by atoms with E-state index >= 15 is 0 Å². The van der Waals surface area contributed by atoms with Crippen LogP contribution in [0.15, 0.2) is 81.7 Å². The molecule has 0 aliphatic heterocycles. The van der Waals surface area contributed by atoms with E-state index < -0.39 is 0 Å². The lowest BCUT2D eigenvalue weighted by molar-refractivity contribution is -0.118. The largest absolute Gasteiger partial charge is 0.483 e. The molecule has 4 nitrogen and oxygen atoms in total. The van der Waals surface area contributed by atoms with Gasteiger partial charge in [0, 0.05) is 14.9 Å². The SMILES string of the molecule is Cc1sc(NC(=O)COc2ccc(-c3ccccc3)cc2Br)nc1-c1ccc(Br)cc1. The second-order valence-corrected chi connectivity index (χ2v) is 9.75. The Bertz CT molecular complexity index is 1210. The molecule has 7 heteroatoms. The van der Waals surface area contributed by atoms with Gasteiger partial charge in [-0.2, -0.15) is 0 Å². The molecule has 3 aromatic carbocycles. The Morgan fingerprint density at radius 2 is 1.68 bits per heavy atom. The molecule has 31 heavy (non-hydrogen) atoms. The second kappa shape index (κ2) is 9.77. The van der Waals surface area contributed by atoms with Crippen molar-refractivity contribution in [3.8, 4) is 28.1 Å². The Morgan fingerprint density at radius 3 is 2.39 bits per heavy atom. The summed E-state index contributed by atoms with van der Waals surface area (Å²) >= 11 is 8.42. The van der Waals surface area contributed by atoms with Crippen molar-refractivity contribution in [1.29, 1.82) is 0 Å². The molecule has 0 atom stereocenters. The fourth-order valence-corrected chi connectivity index (χ4v) is 4.66. The van der Waals surface area contributed by atoms with E-state index in [1.165, 1.54) is 11.3 Å². The molecule has 0 aliphatic carbocycles. The molecule has 0 saturated heterocycles. The smallest absolute Gasteiger partial charge is 0.264 e. The summed E-state index contributed by atoms with van der Waals surface area (Å²) in [6, 6.07) is 23.8. The molecule has 0 spiro atoms. The second-order valence-electron chi connectivity index (χ2n) is 6.78. The number of benzene rings is 3. The van der Waals surface area contributed by atoms with Crippen LogP contribution in [0.4, 0.5) is 5.13 Å². The van der Waals surface area contributed by atoms with Gasteiger partial charge < -0.3 is 4.74 Å². The first kappa shape index (κ1) is 21.7. The van der Waals surface area contributed by atoms with Crippen molar-refractivity contribution in [1.82, 2.24) is 4.98 Å². The van der Waals surface area contributed by atoms with E-state index in [1.807, 2.05) is 79.7 Å². The van der Waals surface area contributed by atoms with E-state index in [9.17, 15) is 4.79 Å². The van der Waals surface area contributed by atoms with Gasteiger partial charge in [-0.3, -0.25) is 10.1 Å². The van der Waals surface area contributed by atoms with Crippen LogP contribution in [0, 0.1) is 6.92 Å². The molecule has 0 aliphatic rings. The number of thiazole rings is 1. The van der Waals surface area contributed by atoms with Crippen molar-refractivity contribution in [2.24, 2.45) is 0 Å². The average molecular weight is 558 g/mol. The van der Waals surface area contributed by atoms with Crippen molar-refractivity contribution in [3.63, 3.8) is 0 Å². The fourth-order valence-electron chi connectivity index (χ4n) is 3.05. The van der Waals surface area contributed by atoms with E-state index in [2.05, 4.69) is 42.2 Å². The number of anilines is 1. The number of aromatic nitrogens is 1. The van der Waals surface area contributed by atoms with Gasteiger partial charge in [-0.05, 0) is 58.2 Å². The lowest BCUT2D eigenvalue weighted by Gasteiger charge is -2.10. The van der Waals surface area contributed by atoms with Gasteiger partial charge >= 0.3 is 0 Å². The van der Waals surface area contributed by atoms with Gasteiger partial charge in [0.25, 0.3) is 5.91 Å². The first-order chi connectivity index (χ1) is 15.0. The number of rotatable bonds is 6. The summed E-state index contributed by atoms with van der Waals surface area (Å²) in [5.41, 5.74) is 4.07. The van der Waals surface area contributed by atoms with Crippen molar-refractivity contribution in [2.75, 3.05) is 11.9 Å². The van der Waals surface area contributed by atoms with Gasteiger partial charge in [-0.25, -0.2) is 4.98 Å². The fraction of sp³-hybridized carbons (Fsp3) is 0.0833. The molecule has 1 aromatic heterocycles. The Labute approximate surface area is 201 Å². The minimum atomic E-state index is -0.254. The van der Waals surface area contributed by atoms with Crippen molar-refractivity contribution in [2.45, 2.75) is 6.92 Å². The topological polar surface area (TPSA) is 51.2 Å². The van der Waals surface area contributed by atoms with Crippen LogP contribution < -0.4 is 10.1 Å². The molecule has 4 rings (SSSR count). The highest BCUT2D eigenvalue weighted by Crippen LogP contribution is 2.32. The van der Waals surface area contributed by atoms with Crippen LogP contribution in [0.5, 0.6) is 5.75 Å². The van der Waals surface area contributed by atoms with Crippen molar-refractivity contribution >= 4 is 54.2 Å². The van der Waals surface area contributed by atoms with E-state index in [-0.39, 0.29) is 12.5 Å². The highest BCUT2D eigenvalue weighted by molar-refractivity contribution is 9.10. The molecule has 156 valence electrons. The molecule has 0 bridgehead atoms. The zero-order valence-corrected chi connectivity index (χ0v) is 20.6. The maximum Gasteiger partial charge on any atom is 0.264 e. The van der Waals surface area contributed by atoms with Crippen LogP contribution >= 0.6 is 43.2 Å². The molecule has 4 aromatic rings. The zero-order chi connectivity index (χ0) is 21.8. The Balaban J connectivity index is 1.39. The van der Waals surface area contributed by atoms with Crippen LogP contribution in [0.1, 0.15) is 4.88 Å². The van der Waals surface area contributed by atoms with Crippen LogP contribution in [-0.2, 0) is 4.79 Å². The first-order valence-corrected chi connectivity index (χ1v) is 11.9. The molecular weight excluding hydrogens is 540 g/mol. The summed E-state index contributed by atoms with van der Waals surface area (Å²) < 4.78 is 7.52. The highest BCUT2D eigenvalue weighted by Gasteiger charge is 2.13. The molecule has 1 N–H and O–H groups in total. The van der Waals surface area contributed by atoms with E-state index in [4.69, 9.17) is 4.74 Å². The predicted octanol–water partition coefficient (Wildman–Crippen LogP) is 7.33. The van der Waals surface area contributed by atoms with Crippen LogP contribution in [-0.4, -0.2) is 17.5 Å². The number of aryl methyl sites for hydroxylation is 1. The Kier molecular flexibility index (Phi) is 6.85. The average Bonchev–Trinajstić information content (AvgIpc) is 3.13. The Morgan fingerprint density at radius 1 is 0.968 bits per heavy atom. The zero-order valence-electron chi connectivity index (χ0n) is 16.6. The van der Waals surface area contributed by atoms with Gasteiger partial charge in [-0.1, -0.05) is 64.5 Å². The summed E-state index contributed by atoms with van der Waals surface area (Å²) in [7, 11) is 0. The quantitative estimate of drug-likeness (QED) is 0.270. The minimum Gasteiger partial charge on any atom is -0.483 e. The lowest BCUT2D eigenvalue weighted by Crippen LogP contribution is -2.20. The molecule has 0 radical (unpaired) electrons. The summed E-state index contributed by atoms with van der Waals surface area (Å²) in [5.74, 6) is 0.357. The lowest BCUT2D eigenvalue weighted by atomic mass is 10.1. The van der Waals surface area contributed by atoms with Crippen LogP contribution in [0.25, 0.3) is 22.4 Å². The number of nitrogens with one attached hydrogen (secondary N) is 1. The van der Waals surface area contributed by atoms with Gasteiger partial charge in [-0.15, -0.1) is 11.3 Å². The van der Waals surface area contributed by atoms with Crippen molar-refractivity contribution in [3.05, 3.63) is 86.6 Å². The summed E-state index contributed by atoms with van der Waals surface area (Å²) in [6.45, 7) is 1.89. The highest BCUT2D eigenvalue weighted by atomic mass is 79.9. The molecular formula is C24H18Br2N2O2S. The van der Waals surface area contributed by atoms with E-state index in [0.717, 1.165) is 36.2 Å². The van der Waals surface area contributed by atoms with Gasteiger partial charge in [0.15, 0.2) is 11.7 Å². The minimum absolute atomic E-state index is 0.102. The van der Waals surface area contributed by atoms with E-state index in [0.29, 0.717) is 10.9 Å². The Hall–Kier alpha value is -2.48. The molecule has 1 heterocycles. The number of carbonyl (C=O) groups is 1. The standard InChI is InChI=1S/C24H18Br2N2O2S/c1-15-23(17-7-10-19(25)11-8-17)28-24(31-15)27-22(29)14-30-21-12-9-18(13-20(21)26)16-5-3-2-4-6-16/h2-13H,14H2,1H3,(H,27,28,29). The number of hydrogen-bond donors (Lipinski definition) is 1. The van der Waals surface area contributed by atoms with Crippen LogP contribution in [0.3, 0.4) is 0 Å². The third-order valence-corrected chi connectivity index (χ3v) is 6.59. The maximum absolute atomic E-state index is 12.4.